The van der Waals surface area contributed by atoms with Crippen molar-refractivity contribution in [3.05, 3.63) is 50.5 Å². The molecule has 19 heavy (non-hydrogen) atoms. The topological polar surface area (TPSA) is 38.9 Å². The molecule has 0 saturated heterocycles. The fourth-order valence-corrected chi connectivity index (χ4v) is 4.11. The molecular formula is C16H20N2S. The Bertz CT molecular complexity index is 557. The van der Waals surface area contributed by atoms with Gasteiger partial charge in [0.2, 0.25) is 0 Å². The third kappa shape index (κ3) is 2.33. The third-order valence-corrected chi connectivity index (χ3v) is 5.22. The van der Waals surface area contributed by atoms with Crippen LogP contribution in [0.2, 0.25) is 0 Å². The largest absolute Gasteiger partial charge is 0.318 e. The average molecular weight is 272 g/mol. The van der Waals surface area contributed by atoms with Gasteiger partial charge in [0.05, 0.1) is 11.7 Å². The first kappa shape index (κ1) is 12.8. The van der Waals surface area contributed by atoms with Crippen LogP contribution in [0.5, 0.6) is 0 Å². The maximum absolute atomic E-state index is 6.48. The Labute approximate surface area is 118 Å². The van der Waals surface area contributed by atoms with E-state index in [-0.39, 0.29) is 6.04 Å². The lowest BCUT2D eigenvalue weighted by Gasteiger charge is -2.15. The van der Waals surface area contributed by atoms with Crippen LogP contribution < -0.4 is 5.73 Å². The van der Waals surface area contributed by atoms with Gasteiger partial charge in [0, 0.05) is 4.88 Å². The number of thiazole rings is 1. The highest BCUT2D eigenvalue weighted by molar-refractivity contribution is 7.11. The molecule has 1 aromatic carbocycles. The molecule has 3 heteroatoms. The second-order valence-corrected chi connectivity index (χ2v) is 6.53. The first-order valence-corrected chi connectivity index (χ1v) is 7.78. The molecule has 1 aliphatic rings. The van der Waals surface area contributed by atoms with Crippen molar-refractivity contribution in [3.63, 3.8) is 0 Å². The summed E-state index contributed by atoms with van der Waals surface area (Å²) in [6.45, 7) is 4.27. The molecule has 0 spiro atoms. The molecule has 1 heterocycles. The molecule has 1 atom stereocenters. The highest BCUT2D eigenvalue weighted by Gasteiger charge is 2.21. The van der Waals surface area contributed by atoms with Crippen molar-refractivity contribution in [3.8, 4) is 0 Å². The summed E-state index contributed by atoms with van der Waals surface area (Å²) >= 11 is 1.82. The molecule has 0 bridgehead atoms. The molecular weight excluding hydrogens is 252 g/mol. The van der Waals surface area contributed by atoms with E-state index in [1.165, 1.54) is 46.5 Å². The van der Waals surface area contributed by atoms with Crippen LogP contribution in [-0.2, 0) is 12.8 Å². The quantitative estimate of drug-likeness (QED) is 0.905. The zero-order valence-corrected chi connectivity index (χ0v) is 12.4. The number of hydrogen-bond donors (Lipinski definition) is 1. The summed E-state index contributed by atoms with van der Waals surface area (Å²) in [5, 5.41) is 1.09. The van der Waals surface area contributed by atoms with Crippen LogP contribution in [0.3, 0.4) is 0 Å². The van der Waals surface area contributed by atoms with Crippen LogP contribution in [0.1, 0.15) is 51.2 Å². The van der Waals surface area contributed by atoms with Crippen molar-refractivity contribution >= 4 is 11.3 Å². The Morgan fingerprint density at radius 3 is 2.53 bits per heavy atom. The fraction of sp³-hybridized carbons (Fsp3) is 0.438. The summed E-state index contributed by atoms with van der Waals surface area (Å²) in [7, 11) is 0. The van der Waals surface area contributed by atoms with Gasteiger partial charge in [-0.1, -0.05) is 18.2 Å². The van der Waals surface area contributed by atoms with E-state index in [0.29, 0.717) is 0 Å². The van der Waals surface area contributed by atoms with Gasteiger partial charge >= 0.3 is 0 Å². The van der Waals surface area contributed by atoms with Crippen molar-refractivity contribution in [1.29, 1.82) is 0 Å². The van der Waals surface area contributed by atoms with E-state index in [1.54, 1.807) is 0 Å². The molecule has 1 unspecified atom stereocenters. The molecule has 3 rings (SSSR count). The third-order valence-electron chi connectivity index (χ3n) is 3.98. The smallest absolute Gasteiger partial charge is 0.114 e. The molecule has 1 aliphatic carbocycles. The van der Waals surface area contributed by atoms with Crippen molar-refractivity contribution in [2.24, 2.45) is 5.73 Å². The molecule has 0 radical (unpaired) electrons. The Balaban J connectivity index is 1.99. The van der Waals surface area contributed by atoms with Crippen molar-refractivity contribution < 1.29 is 0 Å². The lowest BCUT2D eigenvalue weighted by atomic mass is 9.97. The second kappa shape index (κ2) is 5.06. The summed E-state index contributed by atoms with van der Waals surface area (Å²) in [5.74, 6) is 0. The summed E-state index contributed by atoms with van der Waals surface area (Å²) in [6.07, 6.45) is 4.89. The van der Waals surface area contributed by atoms with Gasteiger partial charge in [-0.3, -0.25) is 0 Å². The molecule has 2 N–H and O–H groups in total. The first-order chi connectivity index (χ1) is 9.16. The normalized spacial score (nSPS) is 16.2. The molecule has 2 nitrogen and oxygen atoms in total. The van der Waals surface area contributed by atoms with Crippen LogP contribution in [0.15, 0.2) is 18.2 Å². The van der Waals surface area contributed by atoms with Gasteiger partial charge < -0.3 is 5.73 Å². The van der Waals surface area contributed by atoms with E-state index < -0.39 is 0 Å². The number of aryl methyl sites for hydroxylation is 4. The van der Waals surface area contributed by atoms with Crippen LogP contribution >= 0.6 is 11.3 Å². The Morgan fingerprint density at radius 2 is 1.84 bits per heavy atom. The van der Waals surface area contributed by atoms with Gasteiger partial charge in [-0.2, -0.15) is 0 Å². The SMILES string of the molecule is Cc1cccc(C)c1C(N)c1nc2c(s1)CCCC2. The molecule has 2 aromatic rings. The predicted molar refractivity (Wildman–Crippen MR) is 80.7 cm³/mol. The summed E-state index contributed by atoms with van der Waals surface area (Å²) in [6, 6.07) is 6.29. The second-order valence-electron chi connectivity index (χ2n) is 5.41. The van der Waals surface area contributed by atoms with Gasteiger partial charge in [-0.25, -0.2) is 4.98 Å². The summed E-state index contributed by atoms with van der Waals surface area (Å²) in [5.41, 5.74) is 11.6. The van der Waals surface area contributed by atoms with Crippen LogP contribution in [-0.4, -0.2) is 4.98 Å². The Morgan fingerprint density at radius 1 is 1.16 bits per heavy atom. The van der Waals surface area contributed by atoms with Crippen LogP contribution in [0.25, 0.3) is 0 Å². The van der Waals surface area contributed by atoms with Crippen molar-refractivity contribution in [2.45, 2.75) is 45.6 Å². The molecule has 0 amide bonds. The highest BCUT2D eigenvalue weighted by Crippen LogP contribution is 2.33. The maximum atomic E-state index is 6.48. The number of nitrogens with two attached hydrogens (primary N) is 1. The number of hydrogen-bond acceptors (Lipinski definition) is 3. The molecule has 0 saturated carbocycles. The van der Waals surface area contributed by atoms with E-state index >= 15 is 0 Å². The van der Waals surface area contributed by atoms with E-state index in [9.17, 15) is 0 Å². The molecule has 1 aromatic heterocycles. The standard InChI is InChI=1S/C16H20N2S/c1-10-6-5-7-11(2)14(10)15(17)16-18-12-8-3-4-9-13(12)19-16/h5-7,15H,3-4,8-9,17H2,1-2H3. The summed E-state index contributed by atoms with van der Waals surface area (Å²) < 4.78 is 0. The number of nitrogens with zero attached hydrogens (tertiary/aromatic N) is 1. The monoisotopic (exact) mass is 272 g/mol. The van der Waals surface area contributed by atoms with Crippen LogP contribution in [0, 0.1) is 13.8 Å². The van der Waals surface area contributed by atoms with E-state index in [0.717, 1.165) is 11.4 Å². The van der Waals surface area contributed by atoms with Gasteiger partial charge in [-0.15, -0.1) is 11.3 Å². The van der Waals surface area contributed by atoms with Gasteiger partial charge in [0.25, 0.3) is 0 Å². The number of rotatable bonds is 2. The zero-order valence-electron chi connectivity index (χ0n) is 11.6. The Hall–Kier alpha value is -1.19. The minimum Gasteiger partial charge on any atom is -0.318 e. The van der Waals surface area contributed by atoms with Crippen LogP contribution in [0.4, 0.5) is 0 Å². The molecule has 0 aliphatic heterocycles. The lowest BCUT2D eigenvalue weighted by Crippen LogP contribution is -2.14. The lowest BCUT2D eigenvalue weighted by molar-refractivity contribution is 0.678. The van der Waals surface area contributed by atoms with Gasteiger partial charge in [-0.05, 0) is 56.2 Å². The van der Waals surface area contributed by atoms with Crippen molar-refractivity contribution in [2.75, 3.05) is 0 Å². The van der Waals surface area contributed by atoms with E-state index in [2.05, 4.69) is 32.0 Å². The highest BCUT2D eigenvalue weighted by atomic mass is 32.1. The van der Waals surface area contributed by atoms with E-state index in [1.807, 2.05) is 11.3 Å². The average Bonchev–Trinajstić information content (AvgIpc) is 2.82. The zero-order chi connectivity index (χ0) is 13.4. The first-order valence-electron chi connectivity index (χ1n) is 6.97. The van der Waals surface area contributed by atoms with Gasteiger partial charge in [0.1, 0.15) is 5.01 Å². The van der Waals surface area contributed by atoms with Crippen molar-refractivity contribution in [1.82, 2.24) is 4.98 Å². The minimum absolute atomic E-state index is 0.0724. The predicted octanol–water partition coefficient (Wildman–Crippen LogP) is 3.69. The Kier molecular flexibility index (Phi) is 3.42. The van der Waals surface area contributed by atoms with E-state index in [4.69, 9.17) is 10.7 Å². The number of aromatic nitrogens is 1. The minimum atomic E-state index is -0.0724. The summed E-state index contributed by atoms with van der Waals surface area (Å²) in [4.78, 5) is 6.26. The number of benzene rings is 1. The number of fused-ring (bicyclic) bond motifs is 1. The maximum Gasteiger partial charge on any atom is 0.114 e. The molecule has 0 fully saturated rings. The van der Waals surface area contributed by atoms with Gasteiger partial charge in [0.15, 0.2) is 0 Å². The fourth-order valence-electron chi connectivity index (χ4n) is 2.95. The molecule has 100 valence electrons.